The molecule has 3 rings (SSSR count). The van der Waals surface area contributed by atoms with Gasteiger partial charge in [0.05, 0.1) is 0 Å². The highest BCUT2D eigenvalue weighted by molar-refractivity contribution is 5.48. The van der Waals surface area contributed by atoms with E-state index in [9.17, 15) is 0 Å². The summed E-state index contributed by atoms with van der Waals surface area (Å²) in [6.07, 6.45) is 7.38. The minimum Gasteiger partial charge on any atom is -0.370 e. The average Bonchev–Trinajstić information content (AvgIpc) is 2.95. The maximum atomic E-state index is 5.92. The van der Waals surface area contributed by atoms with E-state index in [-0.39, 0.29) is 5.60 Å². The predicted octanol–water partition coefficient (Wildman–Crippen LogP) is 2.69. The Morgan fingerprint density at radius 3 is 2.43 bits per heavy atom. The van der Waals surface area contributed by atoms with Crippen molar-refractivity contribution in [1.82, 2.24) is 9.97 Å². The molecule has 116 valence electrons. The van der Waals surface area contributed by atoms with Gasteiger partial charge in [-0.05, 0) is 50.4 Å². The zero-order valence-corrected chi connectivity index (χ0v) is 13.3. The van der Waals surface area contributed by atoms with E-state index in [0.29, 0.717) is 5.41 Å². The van der Waals surface area contributed by atoms with Crippen LogP contribution in [0.3, 0.4) is 0 Å². The van der Waals surface area contributed by atoms with Gasteiger partial charge in [-0.2, -0.15) is 0 Å². The fraction of sp³-hybridized carbons (Fsp3) is 0.750. The van der Waals surface area contributed by atoms with Gasteiger partial charge in [-0.1, -0.05) is 13.8 Å². The zero-order chi connectivity index (χ0) is 15.1. The molecule has 1 saturated carbocycles. The van der Waals surface area contributed by atoms with Crippen molar-refractivity contribution in [3.63, 3.8) is 0 Å². The molecule has 0 saturated heterocycles. The average molecular weight is 290 g/mol. The van der Waals surface area contributed by atoms with Gasteiger partial charge in [0.25, 0.3) is 0 Å². The molecular weight excluding hydrogens is 264 g/mol. The third-order valence-electron chi connectivity index (χ3n) is 5.28. The Hall–Kier alpha value is -1.20. The van der Waals surface area contributed by atoms with Crippen LogP contribution in [0.4, 0.5) is 5.82 Å². The number of aryl methyl sites for hydroxylation is 1. The van der Waals surface area contributed by atoms with Gasteiger partial charge in [-0.3, -0.25) is 0 Å². The van der Waals surface area contributed by atoms with Crippen molar-refractivity contribution in [3.05, 3.63) is 17.1 Å². The number of nitrogen functional groups attached to an aromatic ring is 1. The standard InChI is InChI=1S/C16H26N4O/c1-15(2)7-9-16(21-3,10-8-15)14-18-12-6-4-5-11(12)13(19-14)20-17/h4-10,17H2,1-3H3,(H,18,19,20). The van der Waals surface area contributed by atoms with E-state index in [2.05, 4.69) is 19.3 Å². The van der Waals surface area contributed by atoms with E-state index in [1.54, 1.807) is 7.11 Å². The second-order valence-electron chi connectivity index (χ2n) is 7.18. The topological polar surface area (TPSA) is 73.1 Å². The summed E-state index contributed by atoms with van der Waals surface area (Å²) in [5, 5.41) is 0. The Morgan fingerprint density at radius 1 is 1.10 bits per heavy atom. The summed E-state index contributed by atoms with van der Waals surface area (Å²) in [5.74, 6) is 7.27. The monoisotopic (exact) mass is 290 g/mol. The Balaban J connectivity index is 1.98. The van der Waals surface area contributed by atoms with E-state index in [1.165, 1.54) is 5.56 Å². The molecule has 0 bridgehead atoms. The maximum absolute atomic E-state index is 5.92. The molecule has 1 fully saturated rings. The smallest absolute Gasteiger partial charge is 0.162 e. The van der Waals surface area contributed by atoms with Gasteiger partial charge >= 0.3 is 0 Å². The van der Waals surface area contributed by atoms with Gasteiger partial charge in [-0.15, -0.1) is 0 Å². The molecule has 1 aromatic heterocycles. The zero-order valence-electron chi connectivity index (χ0n) is 13.3. The first-order valence-electron chi connectivity index (χ1n) is 7.92. The second kappa shape index (κ2) is 5.21. The largest absolute Gasteiger partial charge is 0.370 e. The molecular formula is C16H26N4O. The number of hydrazine groups is 1. The Morgan fingerprint density at radius 2 is 1.81 bits per heavy atom. The van der Waals surface area contributed by atoms with Crippen molar-refractivity contribution in [2.75, 3.05) is 12.5 Å². The van der Waals surface area contributed by atoms with Gasteiger partial charge in [0, 0.05) is 18.4 Å². The number of fused-ring (bicyclic) bond motifs is 1. The van der Waals surface area contributed by atoms with Gasteiger partial charge in [0.1, 0.15) is 11.4 Å². The number of ether oxygens (including phenoxy) is 1. The lowest BCUT2D eigenvalue weighted by Crippen LogP contribution is -2.38. The first-order chi connectivity index (χ1) is 10.00. The van der Waals surface area contributed by atoms with Crippen molar-refractivity contribution in [1.29, 1.82) is 0 Å². The third-order valence-corrected chi connectivity index (χ3v) is 5.28. The van der Waals surface area contributed by atoms with Crippen LogP contribution >= 0.6 is 0 Å². The van der Waals surface area contributed by atoms with Gasteiger partial charge in [0.15, 0.2) is 5.82 Å². The Kier molecular flexibility index (Phi) is 3.66. The van der Waals surface area contributed by atoms with E-state index in [4.69, 9.17) is 20.5 Å². The van der Waals surface area contributed by atoms with E-state index in [1.807, 2.05) is 0 Å². The summed E-state index contributed by atoms with van der Waals surface area (Å²) in [4.78, 5) is 9.55. The minimum absolute atomic E-state index is 0.348. The quantitative estimate of drug-likeness (QED) is 0.661. The lowest BCUT2D eigenvalue weighted by molar-refractivity contribution is -0.0729. The van der Waals surface area contributed by atoms with Crippen LogP contribution in [-0.2, 0) is 23.2 Å². The van der Waals surface area contributed by atoms with Crippen molar-refractivity contribution in [3.8, 4) is 0 Å². The molecule has 1 aromatic rings. The normalized spacial score (nSPS) is 22.9. The summed E-state index contributed by atoms with van der Waals surface area (Å²) < 4.78 is 5.92. The number of anilines is 1. The predicted molar refractivity (Wildman–Crippen MR) is 82.8 cm³/mol. The molecule has 0 radical (unpaired) electrons. The number of nitrogens with two attached hydrogens (primary N) is 1. The van der Waals surface area contributed by atoms with Crippen molar-refractivity contribution in [2.45, 2.75) is 64.4 Å². The molecule has 0 atom stereocenters. The lowest BCUT2D eigenvalue weighted by Gasteiger charge is -2.41. The number of rotatable bonds is 3. The Labute approximate surface area is 126 Å². The number of hydrogen-bond donors (Lipinski definition) is 2. The van der Waals surface area contributed by atoms with E-state index >= 15 is 0 Å². The number of methoxy groups -OCH3 is 1. The van der Waals surface area contributed by atoms with Crippen LogP contribution < -0.4 is 11.3 Å². The molecule has 2 aliphatic carbocycles. The number of hydrogen-bond acceptors (Lipinski definition) is 5. The highest BCUT2D eigenvalue weighted by atomic mass is 16.5. The van der Waals surface area contributed by atoms with Crippen LogP contribution in [0.15, 0.2) is 0 Å². The first-order valence-corrected chi connectivity index (χ1v) is 7.92. The van der Waals surface area contributed by atoms with Crippen molar-refractivity contribution >= 4 is 5.82 Å². The molecule has 0 aromatic carbocycles. The van der Waals surface area contributed by atoms with Gasteiger partial charge in [-0.25, -0.2) is 15.8 Å². The molecule has 3 N–H and O–H groups in total. The second-order valence-corrected chi connectivity index (χ2v) is 7.18. The molecule has 5 heteroatoms. The summed E-state index contributed by atoms with van der Waals surface area (Å²) >= 11 is 0. The van der Waals surface area contributed by atoms with Crippen LogP contribution in [0, 0.1) is 5.41 Å². The summed E-state index contributed by atoms with van der Waals surface area (Å²) in [5.41, 5.74) is 5.12. The van der Waals surface area contributed by atoms with Crippen LogP contribution in [0.5, 0.6) is 0 Å². The van der Waals surface area contributed by atoms with Crippen LogP contribution in [0.1, 0.15) is 63.0 Å². The van der Waals surface area contributed by atoms with E-state index in [0.717, 1.165) is 62.3 Å². The maximum Gasteiger partial charge on any atom is 0.162 e. The third kappa shape index (κ3) is 2.53. The highest BCUT2D eigenvalue weighted by Gasteiger charge is 2.42. The molecule has 0 aliphatic heterocycles. The number of nitrogens with one attached hydrogen (secondary N) is 1. The molecule has 1 heterocycles. The minimum atomic E-state index is -0.348. The number of aromatic nitrogens is 2. The molecule has 0 spiro atoms. The SMILES string of the molecule is COC1(c2nc3c(c(NN)n2)CCC3)CCC(C)(C)CC1. The van der Waals surface area contributed by atoms with Crippen LogP contribution in [0.2, 0.25) is 0 Å². The lowest BCUT2D eigenvalue weighted by atomic mass is 9.70. The van der Waals surface area contributed by atoms with Crippen LogP contribution in [0.25, 0.3) is 0 Å². The molecule has 21 heavy (non-hydrogen) atoms. The highest BCUT2D eigenvalue weighted by Crippen LogP contribution is 2.46. The molecule has 0 unspecified atom stereocenters. The summed E-state index contributed by atoms with van der Waals surface area (Å²) in [7, 11) is 1.78. The summed E-state index contributed by atoms with van der Waals surface area (Å²) in [6.45, 7) is 4.64. The summed E-state index contributed by atoms with van der Waals surface area (Å²) in [6, 6.07) is 0. The van der Waals surface area contributed by atoms with Crippen molar-refractivity contribution < 1.29 is 4.74 Å². The van der Waals surface area contributed by atoms with Crippen molar-refractivity contribution in [2.24, 2.45) is 11.3 Å². The fourth-order valence-electron chi connectivity index (χ4n) is 3.61. The Bertz CT molecular complexity index is 531. The van der Waals surface area contributed by atoms with E-state index < -0.39 is 0 Å². The molecule has 5 nitrogen and oxygen atoms in total. The van der Waals surface area contributed by atoms with Gasteiger partial charge < -0.3 is 10.2 Å². The number of nitrogens with zero attached hydrogens (tertiary/aromatic N) is 2. The molecule has 0 amide bonds. The fourth-order valence-corrected chi connectivity index (χ4v) is 3.61. The molecule has 2 aliphatic rings. The van der Waals surface area contributed by atoms with Crippen LogP contribution in [-0.4, -0.2) is 17.1 Å². The first kappa shape index (κ1) is 14.7. The van der Waals surface area contributed by atoms with Gasteiger partial charge in [0.2, 0.25) is 0 Å².